The summed E-state index contributed by atoms with van der Waals surface area (Å²) >= 11 is 0. The maximum Gasteiger partial charge on any atom is 0.161 e. The quantitative estimate of drug-likeness (QED) is 0.377. The molecule has 0 saturated heterocycles. The van der Waals surface area contributed by atoms with E-state index in [0.29, 0.717) is 30.3 Å². The predicted molar refractivity (Wildman–Crippen MR) is 113 cm³/mol. The second-order valence-electron chi connectivity index (χ2n) is 6.45. The Labute approximate surface area is 166 Å². The SMILES string of the molecule is CCOc1cc(/C=C(/C#N)c2ccc(C)cc2)ccc1OCc1ccccc1. The molecule has 3 aromatic rings. The summed E-state index contributed by atoms with van der Waals surface area (Å²) in [5.41, 5.74) is 4.67. The molecule has 0 aliphatic rings. The van der Waals surface area contributed by atoms with Crippen LogP contribution in [0.4, 0.5) is 0 Å². The number of aryl methyl sites for hydroxylation is 1. The van der Waals surface area contributed by atoms with Crippen molar-refractivity contribution < 1.29 is 9.47 Å². The van der Waals surface area contributed by atoms with Gasteiger partial charge in [-0.15, -0.1) is 0 Å². The molecule has 0 spiro atoms. The molecule has 3 aromatic carbocycles. The van der Waals surface area contributed by atoms with E-state index in [1.807, 2.05) is 92.7 Å². The molecule has 0 N–H and O–H groups in total. The molecule has 3 nitrogen and oxygen atoms in total. The lowest BCUT2D eigenvalue weighted by Gasteiger charge is -2.13. The van der Waals surface area contributed by atoms with Crippen LogP contribution in [0.3, 0.4) is 0 Å². The molecule has 0 unspecified atom stereocenters. The summed E-state index contributed by atoms with van der Waals surface area (Å²) in [6.45, 7) is 4.99. The van der Waals surface area contributed by atoms with E-state index in [4.69, 9.17) is 9.47 Å². The minimum absolute atomic E-state index is 0.475. The number of nitriles is 1. The van der Waals surface area contributed by atoms with Crippen molar-refractivity contribution in [3.8, 4) is 17.6 Å². The number of hydrogen-bond donors (Lipinski definition) is 0. The van der Waals surface area contributed by atoms with Gasteiger partial charge in [-0.05, 0) is 48.7 Å². The van der Waals surface area contributed by atoms with Crippen molar-refractivity contribution in [3.05, 3.63) is 95.1 Å². The van der Waals surface area contributed by atoms with Crippen LogP contribution in [0.25, 0.3) is 11.6 Å². The van der Waals surface area contributed by atoms with Gasteiger partial charge in [0, 0.05) is 0 Å². The summed E-state index contributed by atoms with van der Waals surface area (Å²) < 4.78 is 11.7. The zero-order chi connectivity index (χ0) is 19.8. The number of ether oxygens (including phenoxy) is 2. The second-order valence-corrected chi connectivity index (χ2v) is 6.45. The molecule has 0 radical (unpaired) electrons. The van der Waals surface area contributed by atoms with E-state index >= 15 is 0 Å². The lowest BCUT2D eigenvalue weighted by molar-refractivity contribution is 0.269. The highest BCUT2D eigenvalue weighted by Gasteiger charge is 2.08. The first-order valence-corrected chi connectivity index (χ1v) is 9.32. The van der Waals surface area contributed by atoms with Crippen LogP contribution in [0.1, 0.15) is 29.2 Å². The Hall–Kier alpha value is -3.51. The summed E-state index contributed by atoms with van der Waals surface area (Å²) in [6, 6.07) is 26.0. The van der Waals surface area contributed by atoms with Crippen LogP contribution in [-0.2, 0) is 6.61 Å². The maximum absolute atomic E-state index is 9.57. The zero-order valence-electron chi connectivity index (χ0n) is 16.2. The summed E-state index contributed by atoms with van der Waals surface area (Å²) in [4.78, 5) is 0. The molecule has 28 heavy (non-hydrogen) atoms. The van der Waals surface area contributed by atoms with Gasteiger partial charge >= 0.3 is 0 Å². The minimum atomic E-state index is 0.475. The van der Waals surface area contributed by atoms with E-state index in [9.17, 15) is 5.26 Å². The van der Waals surface area contributed by atoms with Crippen LogP contribution in [0.15, 0.2) is 72.8 Å². The Morgan fingerprint density at radius 2 is 1.68 bits per heavy atom. The van der Waals surface area contributed by atoms with Gasteiger partial charge in [0.05, 0.1) is 18.2 Å². The van der Waals surface area contributed by atoms with Crippen LogP contribution in [0.5, 0.6) is 11.5 Å². The Kier molecular flexibility index (Phi) is 6.49. The van der Waals surface area contributed by atoms with Crippen LogP contribution in [0, 0.1) is 18.3 Å². The third-order valence-electron chi connectivity index (χ3n) is 4.30. The largest absolute Gasteiger partial charge is 0.490 e. The van der Waals surface area contributed by atoms with E-state index in [1.165, 1.54) is 5.56 Å². The van der Waals surface area contributed by atoms with Gasteiger partial charge in [0.2, 0.25) is 0 Å². The molecule has 140 valence electrons. The predicted octanol–water partition coefficient (Wildman–Crippen LogP) is 6.04. The molecule has 0 saturated carbocycles. The third kappa shape index (κ3) is 5.02. The van der Waals surface area contributed by atoms with Crippen molar-refractivity contribution in [1.29, 1.82) is 5.26 Å². The number of hydrogen-bond acceptors (Lipinski definition) is 3. The molecule has 0 aliphatic carbocycles. The van der Waals surface area contributed by atoms with E-state index in [1.54, 1.807) is 0 Å². The summed E-state index contributed by atoms with van der Waals surface area (Å²) in [5, 5.41) is 9.57. The van der Waals surface area contributed by atoms with Gasteiger partial charge in [-0.1, -0.05) is 66.2 Å². The zero-order valence-corrected chi connectivity index (χ0v) is 16.2. The fourth-order valence-electron chi connectivity index (χ4n) is 2.82. The normalized spacial score (nSPS) is 11.0. The van der Waals surface area contributed by atoms with Crippen molar-refractivity contribution in [3.63, 3.8) is 0 Å². The Morgan fingerprint density at radius 1 is 0.929 bits per heavy atom. The molecule has 3 heteroatoms. The van der Waals surface area contributed by atoms with E-state index < -0.39 is 0 Å². The van der Waals surface area contributed by atoms with Crippen LogP contribution in [-0.4, -0.2) is 6.61 Å². The fourth-order valence-corrected chi connectivity index (χ4v) is 2.82. The Balaban J connectivity index is 1.85. The molecule has 0 aromatic heterocycles. The standard InChI is InChI=1S/C25H23NO2/c1-3-27-25-16-21(15-23(17-26)22-12-9-19(2)10-13-22)11-14-24(25)28-18-20-7-5-4-6-8-20/h4-16H,3,18H2,1-2H3/b23-15-. The molecule has 0 atom stereocenters. The lowest BCUT2D eigenvalue weighted by Crippen LogP contribution is -2.00. The lowest BCUT2D eigenvalue weighted by atomic mass is 10.0. The molecule has 0 fully saturated rings. The highest BCUT2D eigenvalue weighted by molar-refractivity contribution is 5.89. The molecule has 0 aliphatic heterocycles. The molecular weight excluding hydrogens is 346 g/mol. The van der Waals surface area contributed by atoms with Gasteiger partial charge in [0.25, 0.3) is 0 Å². The summed E-state index contributed by atoms with van der Waals surface area (Å²) in [5.74, 6) is 1.37. The van der Waals surface area contributed by atoms with Gasteiger partial charge in [0.1, 0.15) is 6.61 Å². The van der Waals surface area contributed by atoms with E-state index in [2.05, 4.69) is 6.07 Å². The fraction of sp³-hybridized carbons (Fsp3) is 0.160. The number of rotatable bonds is 7. The minimum Gasteiger partial charge on any atom is -0.490 e. The van der Waals surface area contributed by atoms with E-state index in [0.717, 1.165) is 16.7 Å². The number of allylic oxidation sites excluding steroid dienone is 1. The summed E-state index contributed by atoms with van der Waals surface area (Å²) in [6.07, 6.45) is 1.87. The molecular formula is C25H23NO2. The molecule has 0 amide bonds. The van der Waals surface area contributed by atoms with Crippen molar-refractivity contribution in [2.45, 2.75) is 20.5 Å². The van der Waals surface area contributed by atoms with E-state index in [-0.39, 0.29) is 0 Å². The average molecular weight is 369 g/mol. The summed E-state index contributed by atoms with van der Waals surface area (Å²) in [7, 11) is 0. The van der Waals surface area contributed by atoms with Crippen LogP contribution in [0.2, 0.25) is 0 Å². The first kappa shape index (κ1) is 19.3. The first-order valence-electron chi connectivity index (χ1n) is 9.32. The van der Waals surface area contributed by atoms with Crippen LogP contribution >= 0.6 is 0 Å². The first-order chi connectivity index (χ1) is 13.7. The second kappa shape index (κ2) is 9.43. The smallest absolute Gasteiger partial charge is 0.161 e. The number of benzene rings is 3. The van der Waals surface area contributed by atoms with Gasteiger partial charge in [-0.3, -0.25) is 0 Å². The molecule has 0 heterocycles. The van der Waals surface area contributed by atoms with Crippen molar-refractivity contribution in [2.75, 3.05) is 6.61 Å². The van der Waals surface area contributed by atoms with Gasteiger partial charge in [0.15, 0.2) is 11.5 Å². The third-order valence-corrected chi connectivity index (χ3v) is 4.30. The van der Waals surface area contributed by atoms with Crippen molar-refractivity contribution >= 4 is 11.6 Å². The average Bonchev–Trinajstić information content (AvgIpc) is 2.73. The Morgan fingerprint density at radius 3 is 2.36 bits per heavy atom. The Bertz CT molecular complexity index is 983. The van der Waals surface area contributed by atoms with Crippen molar-refractivity contribution in [1.82, 2.24) is 0 Å². The topological polar surface area (TPSA) is 42.2 Å². The molecule has 0 bridgehead atoms. The highest BCUT2D eigenvalue weighted by atomic mass is 16.5. The van der Waals surface area contributed by atoms with Gasteiger partial charge in [-0.25, -0.2) is 0 Å². The van der Waals surface area contributed by atoms with Crippen molar-refractivity contribution in [2.24, 2.45) is 0 Å². The number of nitrogens with zero attached hydrogens (tertiary/aromatic N) is 1. The van der Waals surface area contributed by atoms with Gasteiger partial charge in [-0.2, -0.15) is 5.26 Å². The maximum atomic E-state index is 9.57. The molecule has 3 rings (SSSR count). The van der Waals surface area contributed by atoms with Crippen LogP contribution < -0.4 is 9.47 Å². The highest BCUT2D eigenvalue weighted by Crippen LogP contribution is 2.31. The van der Waals surface area contributed by atoms with Gasteiger partial charge < -0.3 is 9.47 Å². The monoisotopic (exact) mass is 369 g/mol.